The van der Waals surface area contributed by atoms with E-state index in [1.807, 2.05) is 0 Å². The van der Waals surface area contributed by atoms with Crippen molar-refractivity contribution >= 4 is 6.08 Å². The molecule has 0 bridgehead atoms. The molecule has 0 aliphatic carbocycles. The van der Waals surface area contributed by atoms with Crippen molar-refractivity contribution in [2.24, 2.45) is 0 Å². The lowest BCUT2D eigenvalue weighted by Crippen LogP contribution is -2.22. The van der Waals surface area contributed by atoms with E-state index >= 15 is 0 Å². The Morgan fingerprint density at radius 2 is 1.26 bits per heavy atom. The number of hydrogen-bond donors (Lipinski definition) is 2. The van der Waals surface area contributed by atoms with Crippen molar-refractivity contribution in [3.63, 3.8) is 0 Å². The molecular formula is C23H30O8. The van der Waals surface area contributed by atoms with E-state index in [2.05, 4.69) is 0 Å². The Kier molecular flexibility index (Phi) is 8.84. The van der Waals surface area contributed by atoms with Gasteiger partial charge in [-0.2, -0.15) is 0 Å². The van der Waals surface area contributed by atoms with E-state index in [0.29, 0.717) is 40.1 Å². The quantitative estimate of drug-likeness (QED) is 0.557. The lowest BCUT2D eigenvalue weighted by molar-refractivity contribution is 0.0431. The first-order valence-corrected chi connectivity index (χ1v) is 9.62. The van der Waals surface area contributed by atoms with Crippen LogP contribution in [0, 0.1) is 0 Å². The molecule has 31 heavy (non-hydrogen) atoms. The molecule has 0 amide bonds. The smallest absolute Gasteiger partial charge is 0.203 e. The van der Waals surface area contributed by atoms with Crippen LogP contribution in [-0.4, -0.2) is 58.5 Å². The van der Waals surface area contributed by atoms with Gasteiger partial charge in [0.05, 0.1) is 42.2 Å². The molecule has 2 aromatic rings. The summed E-state index contributed by atoms with van der Waals surface area (Å²) in [5, 5.41) is 20.0. The van der Waals surface area contributed by atoms with Crippen LogP contribution in [0.4, 0.5) is 0 Å². The van der Waals surface area contributed by atoms with Gasteiger partial charge in [0.25, 0.3) is 0 Å². The van der Waals surface area contributed by atoms with Crippen molar-refractivity contribution in [2.75, 3.05) is 42.2 Å². The van der Waals surface area contributed by atoms with Gasteiger partial charge in [0.2, 0.25) is 11.5 Å². The molecule has 0 aromatic heterocycles. The van der Waals surface area contributed by atoms with Gasteiger partial charge in [0.1, 0.15) is 12.2 Å². The Hall–Kier alpha value is -3.10. The van der Waals surface area contributed by atoms with Gasteiger partial charge in [-0.25, -0.2) is 0 Å². The van der Waals surface area contributed by atoms with E-state index in [1.165, 1.54) is 35.5 Å². The summed E-state index contributed by atoms with van der Waals surface area (Å²) in [5.74, 6) is 2.51. The van der Waals surface area contributed by atoms with Gasteiger partial charge in [0.15, 0.2) is 23.0 Å². The van der Waals surface area contributed by atoms with E-state index in [1.54, 1.807) is 43.3 Å². The van der Waals surface area contributed by atoms with Crippen LogP contribution in [0.15, 0.2) is 30.3 Å². The fraction of sp³-hybridized carbons (Fsp3) is 0.391. The van der Waals surface area contributed by atoms with Crippen LogP contribution in [0.1, 0.15) is 24.2 Å². The summed E-state index contributed by atoms with van der Waals surface area (Å²) >= 11 is 0. The molecule has 2 rings (SSSR count). The van der Waals surface area contributed by atoms with E-state index in [9.17, 15) is 5.11 Å². The standard InChI is InChI=1S/C23H30O8/c1-14(21(25)16-12-19(28-4)22(30-6)20(13-16)29-5)31-23-17(26-2)10-15(8-7-9-24)11-18(23)27-3/h7-8,10-14,21,24-25H,9H2,1-6H3/t14-,21+/m1/s1. The second kappa shape index (κ2) is 11.3. The molecule has 0 aliphatic rings. The van der Waals surface area contributed by atoms with Gasteiger partial charge in [0, 0.05) is 0 Å². The summed E-state index contributed by atoms with van der Waals surface area (Å²) in [6.45, 7) is 1.65. The van der Waals surface area contributed by atoms with Crippen molar-refractivity contribution in [1.29, 1.82) is 0 Å². The molecular weight excluding hydrogens is 404 g/mol. The molecule has 8 nitrogen and oxygen atoms in total. The highest BCUT2D eigenvalue weighted by atomic mass is 16.6. The summed E-state index contributed by atoms with van der Waals surface area (Å²) in [6, 6.07) is 6.84. The summed E-state index contributed by atoms with van der Waals surface area (Å²) in [4.78, 5) is 0. The third-order valence-corrected chi connectivity index (χ3v) is 4.68. The first-order valence-electron chi connectivity index (χ1n) is 9.62. The zero-order chi connectivity index (χ0) is 23.0. The normalized spacial score (nSPS) is 12.9. The van der Waals surface area contributed by atoms with Crippen LogP contribution in [0.25, 0.3) is 6.08 Å². The Morgan fingerprint density at radius 1 is 0.774 bits per heavy atom. The minimum absolute atomic E-state index is 0.0824. The highest BCUT2D eigenvalue weighted by molar-refractivity contribution is 5.62. The molecule has 0 fully saturated rings. The summed E-state index contributed by atoms with van der Waals surface area (Å²) < 4.78 is 33.0. The maximum atomic E-state index is 11.0. The monoisotopic (exact) mass is 434 g/mol. The topological polar surface area (TPSA) is 95.8 Å². The van der Waals surface area contributed by atoms with Gasteiger partial charge in [-0.1, -0.05) is 12.2 Å². The zero-order valence-electron chi connectivity index (χ0n) is 18.7. The molecule has 2 atom stereocenters. The second-order valence-corrected chi connectivity index (χ2v) is 6.57. The number of rotatable bonds is 11. The molecule has 0 unspecified atom stereocenters. The van der Waals surface area contributed by atoms with Gasteiger partial charge in [-0.3, -0.25) is 0 Å². The molecule has 0 heterocycles. The number of aliphatic hydroxyl groups excluding tert-OH is 2. The van der Waals surface area contributed by atoms with Crippen molar-refractivity contribution in [2.45, 2.75) is 19.1 Å². The Labute approximate surface area is 182 Å². The van der Waals surface area contributed by atoms with E-state index in [4.69, 9.17) is 33.5 Å². The first kappa shape index (κ1) is 24.2. The van der Waals surface area contributed by atoms with Crippen LogP contribution in [0.5, 0.6) is 34.5 Å². The molecule has 170 valence electrons. The van der Waals surface area contributed by atoms with Crippen LogP contribution in [-0.2, 0) is 0 Å². The number of aliphatic hydroxyl groups is 2. The third kappa shape index (κ3) is 5.53. The van der Waals surface area contributed by atoms with Crippen LogP contribution in [0.3, 0.4) is 0 Å². The van der Waals surface area contributed by atoms with Crippen LogP contribution in [0.2, 0.25) is 0 Å². The van der Waals surface area contributed by atoms with E-state index < -0.39 is 12.2 Å². The lowest BCUT2D eigenvalue weighted by atomic mass is 10.0. The maximum Gasteiger partial charge on any atom is 0.203 e. The average molecular weight is 434 g/mol. The minimum Gasteiger partial charge on any atom is -0.493 e. The Morgan fingerprint density at radius 3 is 1.68 bits per heavy atom. The predicted octanol–water partition coefficient (Wildman–Crippen LogP) is 3.24. The van der Waals surface area contributed by atoms with Crippen LogP contribution >= 0.6 is 0 Å². The predicted molar refractivity (Wildman–Crippen MR) is 117 cm³/mol. The van der Waals surface area contributed by atoms with Crippen LogP contribution < -0.4 is 28.4 Å². The zero-order valence-corrected chi connectivity index (χ0v) is 18.7. The SMILES string of the molecule is COc1cc([C@@H](O)[C@@H](C)Oc2c(OC)cc(C=CCO)cc2OC)cc(OC)c1OC. The highest BCUT2D eigenvalue weighted by Crippen LogP contribution is 2.43. The van der Waals surface area contributed by atoms with Crippen molar-refractivity contribution in [1.82, 2.24) is 0 Å². The molecule has 0 spiro atoms. The summed E-state index contributed by atoms with van der Waals surface area (Å²) in [6.07, 6.45) is 1.65. The summed E-state index contributed by atoms with van der Waals surface area (Å²) in [7, 11) is 7.56. The summed E-state index contributed by atoms with van der Waals surface area (Å²) in [5.41, 5.74) is 1.30. The van der Waals surface area contributed by atoms with Gasteiger partial charge in [-0.05, 0) is 42.3 Å². The second-order valence-electron chi connectivity index (χ2n) is 6.57. The van der Waals surface area contributed by atoms with Crippen molar-refractivity contribution in [3.05, 3.63) is 41.5 Å². The fourth-order valence-corrected chi connectivity index (χ4v) is 3.09. The van der Waals surface area contributed by atoms with Crippen molar-refractivity contribution in [3.8, 4) is 34.5 Å². The maximum absolute atomic E-state index is 11.0. The minimum atomic E-state index is -1.02. The van der Waals surface area contributed by atoms with E-state index in [0.717, 1.165) is 5.56 Å². The van der Waals surface area contributed by atoms with E-state index in [-0.39, 0.29) is 6.61 Å². The largest absolute Gasteiger partial charge is 0.493 e. The molecule has 0 aliphatic heterocycles. The Bertz CT molecular complexity index is 843. The van der Waals surface area contributed by atoms with Gasteiger partial charge in [-0.15, -0.1) is 0 Å². The molecule has 2 aromatic carbocycles. The lowest BCUT2D eigenvalue weighted by Gasteiger charge is -2.24. The molecule has 8 heteroatoms. The van der Waals surface area contributed by atoms with Gasteiger partial charge >= 0.3 is 0 Å². The molecule has 0 saturated carbocycles. The van der Waals surface area contributed by atoms with Crippen molar-refractivity contribution < 1.29 is 38.6 Å². The molecule has 0 saturated heterocycles. The number of hydrogen-bond acceptors (Lipinski definition) is 8. The Balaban J connectivity index is 2.38. The molecule has 2 N–H and O–H groups in total. The third-order valence-electron chi connectivity index (χ3n) is 4.68. The number of methoxy groups -OCH3 is 5. The highest BCUT2D eigenvalue weighted by Gasteiger charge is 2.25. The first-order chi connectivity index (χ1) is 14.9. The number of benzene rings is 2. The average Bonchev–Trinajstić information content (AvgIpc) is 2.81. The number of ether oxygens (including phenoxy) is 6. The molecule has 0 radical (unpaired) electrons. The fourth-order valence-electron chi connectivity index (χ4n) is 3.09. The van der Waals surface area contributed by atoms with Gasteiger partial charge < -0.3 is 38.6 Å².